The number of halogens is 2. The Kier molecular flexibility index (Phi) is 4.85. The van der Waals surface area contributed by atoms with E-state index in [1.54, 1.807) is 17.5 Å². The Balaban J connectivity index is 1.54. The summed E-state index contributed by atoms with van der Waals surface area (Å²) >= 11 is 1.58. The smallest absolute Gasteiger partial charge is 0.224 e. The highest BCUT2D eigenvalue weighted by molar-refractivity contribution is 7.13. The molecule has 122 valence electrons. The zero-order valence-corrected chi connectivity index (χ0v) is 13.3. The van der Waals surface area contributed by atoms with E-state index < -0.39 is 11.6 Å². The molecule has 1 aliphatic rings. The average molecular weight is 337 g/mol. The number of carbonyl (C=O) groups is 1. The average Bonchev–Trinajstić information content (AvgIpc) is 3.18. The van der Waals surface area contributed by atoms with Crippen molar-refractivity contribution in [2.45, 2.75) is 25.3 Å². The summed E-state index contributed by atoms with van der Waals surface area (Å²) < 4.78 is 26.4. The molecule has 2 heterocycles. The zero-order valence-electron chi connectivity index (χ0n) is 12.5. The van der Waals surface area contributed by atoms with Gasteiger partial charge in [-0.2, -0.15) is 0 Å². The topological polar surface area (TPSA) is 45.2 Å². The van der Waals surface area contributed by atoms with Crippen LogP contribution in [0.25, 0.3) is 0 Å². The Morgan fingerprint density at radius 2 is 2.30 bits per heavy atom. The molecular formula is C16H17F2N3OS. The second-order valence-electron chi connectivity index (χ2n) is 5.52. The van der Waals surface area contributed by atoms with Gasteiger partial charge >= 0.3 is 0 Å². The van der Waals surface area contributed by atoms with Crippen molar-refractivity contribution in [1.82, 2.24) is 10.3 Å². The molecule has 3 rings (SSSR count). The highest BCUT2D eigenvalue weighted by atomic mass is 32.1. The van der Waals surface area contributed by atoms with E-state index in [9.17, 15) is 13.6 Å². The largest absolute Gasteiger partial charge is 0.354 e. The molecule has 1 aromatic heterocycles. The maximum atomic E-state index is 13.6. The van der Waals surface area contributed by atoms with Gasteiger partial charge in [0.15, 0.2) is 5.13 Å². The van der Waals surface area contributed by atoms with Crippen molar-refractivity contribution in [3.05, 3.63) is 47.0 Å². The number of amides is 1. The Morgan fingerprint density at radius 1 is 1.43 bits per heavy atom. The molecule has 1 aromatic carbocycles. The first-order valence-corrected chi connectivity index (χ1v) is 8.38. The molecule has 1 atom stereocenters. The summed E-state index contributed by atoms with van der Waals surface area (Å²) in [5, 5.41) is 5.74. The third kappa shape index (κ3) is 3.85. The molecule has 2 aromatic rings. The number of thiazole rings is 1. The lowest BCUT2D eigenvalue weighted by atomic mass is 10.1. The number of benzene rings is 1. The van der Waals surface area contributed by atoms with E-state index >= 15 is 0 Å². The van der Waals surface area contributed by atoms with Crippen LogP contribution in [0.1, 0.15) is 18.4 Å². The lowest BCUT2D eigenvalue weighted by Crippen LogP contribution is -2.40. The van der Waals surface area contributed by atoms with Crippen LogP contribution in [0.15, 0.2) is 29.8 Å². The molecule has 1 N–H and O–H groups in total. The molecule has 0 radical (unpaired) electrons. The second-order valence-corrected chi connectivity index (χ2v) is 6.39. The van der Waals surface area contributed by atoms with Crippen LogP contribution >= 0.6 is 11.3 Å². The highest BCUT2D eigenvalue weighted by Gasteiger charge is 2.26. The van der Waals surface area contributed by atoms with Crippen LogP contribution < -0.4 is 10.2 Å². The third-order valence-electron chi connectivity index (χ3n) is 3.94. The van der Waals surface area contributed by atoms with E-state index in [4.69, 9.17) is 0 Å². The molecule has 1 aliphatic heterocycles. The minimum absolute atomic E-state index is 0.0872. The standard InChI is InChI=1S/C16H17F2N3OS/c17-12-4-3-11(14(18)9-12)8-15(22)20-10-13-2-1-6-21(13)16-19-5-7-23-16/h3-5,7,9,13H,1-2,6,8,10H2,(H,20,22). The number of hydrogen-bond acceptors (Lipinski definition) is 4. The summed E-state index contributed by atoms with van der Waals surface area (Å²) in [4.78, 5) is 18.5. The Morgan fingerprint density at radius 3 is 3.04 bits per heavy atom. The molecule has 4 nitrogen and oxygen atoms in total. The van der Waals surface area contributed by atoms with Crippen molar-refractivity contribution in [3.8, 4) is 0 Å². The van der Waals surface area contributed by atoms with Crippen molar-refractivity contribution in [3.63, 3.8) is 0 Å². The molecule has 23 heavy (non-hydrogen) atoms. The van der Waals surface area contributed by atoms with Gasteiger partial charge in [0, 0.05) is 36.8 Å². The van der Waals surface area contributed by atoms with Crippen molar-refractivity contribution in [1.29, 1.82) is 0 Å². The molecule has 0 bridgehead atoms. The summed E-state index contributed by atoms with van der Waals surface area (Å²) in [6.07, 6.45) is 3.73. The number of aromatic nitrogens is 1. The zero-order chi connectivity index (χ0) is 16.2. The number of hydrogen-bond donors (Lipinski definition) is 1. The van der Waals surface area contributed by atoms with Crippen LogP contribution in [0.3, 0.4) is 0 Å². The van der Waals surface area contributed by atoms with Crippen molar-refractivity contribution in [2.75, 3.05) is 18.0 Å². The van der Waals surface area contributed by atoms with Gasteiger partial charge in [-0.1, -0.05) is 6.07 Å². The van der Waals surface area contributed by atoms with E-state index in [2.05, 4.69) is 15.2 Å². The Bertz CT molecular complexity index is 678. The van der Waals surface area contributed by atoms with E-state index in [1.807, 2.05) is 5.38 Å². The van der Waals surface area contributed by atoms with Crippen molar-refractivity contribution < 1.29 is 13.6 Å². The van der Waals surface area contributed by atoms with Crippen LogP contribution in [-0.4, -0.2) is 30.0 Å². The lowest BCUT2D eigenvalue weighted by Gasteiger charge is -2.24. The van der Waals surface area contributed by atoms with Crippen LogP contribution in [0.4, 0.5) is 13.9 Å². The summed E-state index contributed by atoms with van der Waals surface area (Å²) in [5.74, 6) is -1.59. The maximum absolute atomic E-state index is 13.6. The fraction of sp³-hybridized carbons (Fsp3) is 0.375. The highest BCUT2D eigenvalue weighted by Crippen LogP contribution is 2.26. The van der Waals surface area contributed by atoms with Gasteiger partial charge in [-0.05, 0) is 24.5 Å². The van der Waals surface area contributed by atoms with Gasteiger partial charge in [-0.3, -0.25) is 4.79 Å². The quantitative estimate of drug-likeness (QED) is 0.912. The number of anilines is 1. The second kappa shape index (κ2) is 7.04. The first kappa shape index (κ1) is 15.9. The first-order valence-electron chi connectivity index (χ1n) is 7.50. The number of carbonyl (C=O) groups excluding carboxylic acids is 1. The van der Waals surface area contributed by atoms with Gasteiger partial charge in [0.25, 0.3) is 0 Å². The molecule has 1 amide bonds. The minimum Gasteiger partial charge on any atom is -0.354 e. The molecule has 1 saturated heterocycles. The molecule has 1 fully saturated rings. The van der Waals surface area contributed by atoms with E-state index in [-0.39, 0.29) is 23.9 Å². The van der Waals surface area contributed by atoms with E-state index in [1.165, 1.54) is 6.07 Å². The van der Waals surface area contributed by atoms with Gasteiger partial charge in [-0.15, -0.1) is 11.3 Å². The normalized spacial score (nSPS) is 17.5. The number of nitrogens with one attached hydrogen (secondary N) is 1. The molecule has 0 aliphatic carbocycles. The predicted octanol–water partition coefficient (Wildman–Crippen LogP) is 2.75. The number of nitrogens with zero attached hydrogens (tertiary/aromatic N) is 2. The predicted molar refractivity (Wildman–Crippen MR) is 85.6 cm³/mol. The molecule has 7 heteroatoms. The molecule has 1 unspecified atom stereocenters. The van der Waals surface area contributed by atoms with Crippen molar-refractivity contribution >= 4 is 22.4 Å². The third-order valence-corrected chi connectivity index (χ3v) is 4.75. The van der Waals surface area contributed by atoms with Crippen LogP contribution in [0.5, 0.6) is 0 Å². The summed E-state index contributed by atoms with van der Waals surface area (Å²) in [5.41, 5.74) is 0.201. The van der Waals surface area contributed by atoms with Gasteiger partial charge in [0.2, 0.25) is 5.91 Å². The van der Waals surface area contributed by atoms with Crippen LogP contribution in [0.2, 0.25) is 0 Å². The molecule has 0 saturated carbocycles. The van der Waals surface area contributed by atoms with Crippen LogP contribution in [0, 0.1) is 11.6 Å². The summed E-state index contributed by atoms with van der Waals surface area (Å²) in [6.45, 7) is 1.43. The summed E-state index contributed by atoms with van der Waals surface area (Å²) in [6, 6.07) is 3.47. The van der Waals surface area contributed by atoms with Gasteiger partial charge < -0.3 is 10.2 Å². The molecule has 0 spiro atoms. The Labute approximate surface area is 137 Å². The molecular weight excluding hydrogens is 320 g/mol. The lowest BCUT2D eigenvalue weighted by molar-refractivity contribution is -0.120. The first-order chi connectivity index (χ1) is 11.1. The number of rotatable bonds is 5. The van der Waals surface area contributed by atoms with Crippen molar-refractivity contribution in [2.24, 2.45) is 0 Å². The fourth-order valence-electron chi connectivity index (χ4n) is 2.79. The van der Waals surface area contributed by atoms with Crippen LogP contribution in [-0.2, 0) is 11.2 Å². The fourth-order valence-corrected chi connectivity index (χ4v) is 3.53. The Hall–Kier alpha value is -2.02. The van der Waals surface area contributed by atoms with Gasteiger partial charge in [0.05, 0.1) is 6.42 Å². The SMILES string of the molecule is O=C(Cc1ccc(F)cc1F)NCC1CCCN1c1nccs1. The minimum atomic E-state index is -0.689. The van der Waals surface area contributed by atoms with E-state index in [0.717, 1.165) is 36.7 Å². The van der Waals surface area contributed by atoms with Gasteiger partial charge in [-0.25, -0.2) is 13.8 Å². The van der Waals surface area contributed by atoms with Gasteiger partial charge in [0.1, 0.15) is 11.6 Å². The summed E-state index contributed by atoms with van der Waals surface area (Å²) in [7, 11) is 0. The maximum Gasteiger partial charge on any atom is 0.224 e. The monoisotopic (exact) mass is 337 g/mol. The van der Waals surface area contributed by atoms with E-state index in [0.29, 0.717) is 6.54 Å².